The van der Waals surface area contributed by atoms with Crippen molar-refractivity contribution in [1.29, 1.82) is 5.26 Å². The lowest BCUT2D eigenvalue weighted by molar-refractivity contribution is 0.0292. The summed E-state index contributed by atoms with van der Waals surface area (Å²) in [5, 5.41) is 12.4. The first-order valence-corrected chi connectivity index (χ1v) is 10.5. The van der Waals surface area contributed by atoms with Crippen LogP contribution >= 0.6 is 0 Å². The van der Waals surface area contributed by atoms with Crippen molar-refractivity contribution < 1.29 is 13.5 Å². The van der Waals surface area contributed by atoms with Crippen molar-refractivity contribution in [2.45, 2.75) is 38.0 Å². The molecule has 0 spiro atoms. The van der Waals surface area contributed by atoms with Crippen LogP contribution in [0, 0.1) is 17.1 Å². The van der Waals surface area contributed by atoms with Crippen molar-refractivity contribution in [2.24, 2.45) is 0 Å². The summed E-state index contributed by atoms with van der Waals surface area (Å²) >= 11 is 0. The largest absolute Gasteiger partial charge is 0.375 e. The number of nitrogens with one attached hydrogen (secondary N) is 1. The minimum Gasteiger partial charge on any atom is -0.375 e. The van der Waals surface area contributed by atoms with E-state index in [-0.39, 0.29) is 11.7 Å². The summed E-state index contributed by atoms with van der Waals surface area (Å²) in [5.41, 5.74) is 2.61. The lowest BCUT2D eigenvalue weighted by Gasteiger charge is -2.37. The maximum Gasteiger partial charge on any atom is 0.141 e. The van der Waals surface area contributed by atoms with Crippen molar-refractivity contribution >= 4 is 5.69 Å². The molecule has 2 saturated heterocycles. The SMILES string of the molecule is CC1(F)CCN(c2ccc(CC3CNCCO3)cc2-c2ccc(C#N)c(F)c2)CC1. The first-order valence-electron chi connectivity index (χ1n) is 10.5. The van der Waals surface area contributed by atoms with Crippen molar-refractivity contribution in [3.63, 3.8) is 0 Å². The molecule has 6 heteroatoms. The minimum absolute atomic E-state index is 0.0318. The number of rotatable bonds is 4. The third-order valence-electron chi connectivity index (χ3n) is 6.08. The molecule has 158 valence electrons. The van der Waals surface area contributed by atoms with Crippen molar-refractivity contribution in [1.82, 2.24) is 5.32 Å². The quantitative estimate of drug-likeness (QED) is 0.818. The second kappa shape index (κ2) is 8.71. The van der Waals surface area contributed by atoms with Crippen LogP contribution in [0.5, 0.6) is 0 Å². The van der Waals surface area contributed by atoms with E-state index in [4.69, 9.17) is 10.00 Å². The van der Waals surface area contributed by atoms with Crippen LogP contribution in [0.15, 0.2) is 36.4 Å². The summed E-state index contributed by atoms with van der Waals surface area (Å²) < 4.78 is 34.5. The number of hydrogen-bond donors (Lipinski definition) is 1. The Labute approximate surface area is 176 Å². The number of alkyl halides is 1. The molecule has 0 radical (unpaired) electrons. The summed E-state index contributed by atoms with van der Waals surface area (Å²) in [4.78, 5) is 2.18. The van der Waals surface area contributed by atoms with Gasteiger partial charge in [-0.25, -0.2) is 8.78 Å². The van der Waals surface area contributed by atoms with Crippen LogP contribution in [0.3, 0.4) is 0 Å². The van der Waals surface area contributed by atoms with Crippen LogP contribution < -0.4 is 10.2 Å². The highest BCUT2D eigenvalue weighted by molar-refractivity contribution is 5.80. The molecule has 0 aromatic heterocycles. The number of ether oxygens (including phenoxy) is 1. The molecule has 2 aromatic carbocycles. The third kappa shape index (κ3) is 4.63. The maximum atomic E-state index is 14.4. The van der Waals surface area contributed by atoms with Crippen LogP contribution in [-0.2, 0) is 11.2 Å². The van der Waals surface area contributed by atoms with Gasteiger partial charge in [0.05, 0.1) is 18.3 Å². The average Bonchev–Trinajstić information content (AvgIpc) is 2.75. The molecule has 2 heterocycles. The summed E-state index contributed by atoms with van der Waals surface area (Å²) in [6, 6.07) is 12.8. The molecule has 2 fully saturated rings. The number of nitrogens with zero attached hydrogens (tertiary/aromatic N) is 2. The van der Waals surface area contributed by atoms with Crippen molar-refractivity contribution in [3.8, 4) is 17.2 Å². The molecule has 4 rings (SSSR count). The summed E-state index contributed by atoms with van der Waals surface area (Å²) in [6.45, 7) is 5.27. The molecule has 4 nitrogen and oxygen atoms in total. The van der Waals surface area contributed by atoms with Gasteiger partial charge in [0.15, 0.2) is 0 Å². The molecule has 0 saturated carbocycles. The van der Waals surface area contributed by atoms with E-state index in [1.165, 1.54) is 12.1 Å². The molecule has 2 aromatic rings. The first-order chi connectivity index (χ1) is 14.4. The third-order valence-corrected chi connectivity index (χ3v) is 6.08. The summed E-state index contributed by atoms with van der Waals surface area (Å²) in [5.74, 6) is -0.527. The standard InChI is InChI=1S/C24H27F2N3O/c1-24(26)6-9-29(10-7-24)23-5-2-17(12-20-16-28-8-11-30-20)13-21(23)18-3-4-19(15-27)22(25)14-18/h2-5,13-14,20,28H,6-12,16H2,1H3. The molecule has 1 unspecified atom stereocenters. The van der Waals surface area contributed by atoms with Crippen molar-refractivity contribution in [3.05, 3.63) is 53.3 Å². The molecular weight excluding hydrogens is 384 g/mol. The molecule has 2 aliphatic rings. The first kappa shape index (κ1) is 20.8. The monoisotopic (exact) mass is 411 g/mol. The lowest BCUT2D eigenvalue weighted by atomic mass is 9.92. The van der Waals surface area contributed by atoms with E-state index in [9.17, 15) is 8.78 Å². The van der Waals surface area contributed by atoms with E-state index in [1.807, 2.05) is 6.07 Å². The topological polar surface area (TPSA) is 48.3 Å². The van der Waals surface area contributed by atoms with Crippen LogP contribution in [0.4, 0.5) is 14.5 Å². The van der Waals surface area contributed by atoms with Crippen LogP contribution in [0.25, 0.3) is 11.1 Å². The molecule has 2 aliphatic heterocycles. The smallest absolute Gasteiger partial charge is 0.141 e. The Bertz CT molecular complexity index is 938. The fraction of sp³-hybridized carbons (Fsp3) is 0.458. The zero-order chi connectivity index (χ0) is 21.1. The number of benzene rings is 2. The van der Waals surface area contributed by atoms with Gasteiger partial charge in [0.2, 0.25) is 0 Å². The van der Waals surface area contributed by atoms with E-state index in [0.29, 0.717) is 32.5 Å². The number of morpholine rings is 1. The summed E-state index contributed by atoms with van der Waals surface area (Å²) in [7, 11) is 0. The molecule has 1 atom stereocenters. The number of piperidine rings is 1. The second-order valence-corrected chi connectivity index (χ2v) is 8.46. The Morgan fingerprint density at radius 3 is 2.70 bits per heavy atom. The van der Waals surface area contributed by atoms with E-state index in [0.717, 1.165) is 41.9 Å². The fourth-order valence-electron chi connectivity index (χ4n) is 4.22. The normalized spacial score (nSPS) is 21.3. The average molecular weight is 411 g/mol. The van der Waals surface area contributed by atoms with E-state index >= 15 is 0 Å². The van der Waals surface area contributed by atoms with Gasteiger partial charge in [0, 0.05) is 37.4 Å². The van der Waals surface area contributed by atoms with Gasteiger partial charge in [-0.05, 0) is 61.6 Å². The van der Waals surface area contributed by atoms with Gasteiger partial charge < -0.3 is 15.0 Å². The molecule has 0 aliphatic carbocycles. The van der Waals surface area contributed by atoms with Gasteiger partial charge in [-0.3, -0.25) is 0 Å². The molecule has 0 amide bonds. The predicted molar refractivity (Wildman–Crippen MR) is 114 cm³/mol. The lowest BCUT2D eigenvalue weighted by Crippen LogP contribution is -2.40. The van der Waals surface area contributed by atoms with Crippen LogP contribution in [0.1, 0.15) is 30.9 Å². The Hall–Kier alpha value is -2.49. The van der Waals surface area contributed by atoms with Crippen LogP contribution in [-0.4, -0.2) is 44.6 Å². The number of nitriles is 1. The zero-order valence-corrected chi connectivity index (χ0v) is 17.3. The Morgan fingerprint density at radius 1 is 1.23 bits per heavy atom. The van der Waals surface area contributed by atoms with Gasteiger partial charge in [-0.1, -0.05) is 12.1 Å². The molecule has 0 bridgehead atoms. The second-order valence-electron chi connectivity index (χ2n) is 8.46. The van der Waals surface area contributed by atoms with Gasteiger partial charge >= 0.3 is 0 Å². The molecular formula is C24H27F2N3O. The zero-order valence-electron chi connectivity index (χ0n) is 17.3. The van der Waals surface area contributed by atoms with Gasteiger partial charge in [-0.2, -0.15) is 5.26 Å². The highest BCUT2D eigenvalue weighted by Gasteiger charge is 2.30. The predicted octanol–water partition coefficient (Wildman–Crippen LogP) is 4.22. The number of hydrogen-bond acceptors (Lipinski definition) is 4. The van der Waals surface area contributed by atoms with Crippen LogP contribution in [0.2, 0.25) is 0 Å². The Balaban J connectivity index is 1.68. The Morgan fingerprint density at radius 2 is 2.03 bits per heavy atom. The number of halogens is 2. The van der Waals surface area contributed by atoms with Gasteiger partial charge in [-0.15, -0.1) is 0 Å². The molecule has 1 N–H and O–H groups in total. The highest BCUT2D eigenvalue weighted by Crippen LogP contribution is 2.37. The Kier molecular flexibility index (Phi) is 6.03. The van der Waals surface area contributed by atoms with E-state index in [2.05, 4.69) is 28.4 Å². The van der Waals surface area contributed by atoms with Gasteiger partial charge in [0.25, 0.3) is 0 Å². The van der Waals surface area contributed by atoms with E-state index < -0.39 is 11.5 Å². The fourth-order valence-corrected chi connectivity index (χ4v) is 4.22. The van der Waals surface area contributed by atoms with E-state index in [1.54, 1.807) is 13.0 Å². The number of anilines is 1. The van der Waals surface area contributed by atoms with Gasteiger partial charge in [0.1, 0.15) is 17.6 Å². The van der Waals surface area contributed by atoms with Crippen molar-refractivity contribution in [2.75, 3.05) is 37.7 Å². The highest BCUT2D eigenvalue weighted by atomic mass is 19.1. The summed E-state index contributed by atoms with van der Waals surface area (Å²) in [6.07, 6.45) is 1.81. The molecule has 30 heavy (non-hydrogen) atoms. The maximum absolute atomic E-state index is 14.4. The minimum atomic E-state index is -1.14.